The molecule has 8 heteroatoms. The molecule has 2 aromatic rings. The van der Waals surface area contributed by atoms with Crippen molar-refractivity contribution >= 4 is 5.91 Å². The van der Waals surface area contributed by atoms with Crippen molar-refractivity contribution in [3.8, 4) is 0 Å². The standard InChI is InChI=1S/C15H17N5O3/c21-14-7-11(18-10-19-14)1-2-12-9-20(5-6-23-12)15(22)13-8-16-3-4-17-13/h3-4,7-8,10,12H,1-2,5-6,9H2,(H,18,19,21)/t12-/m1/s1. The Morgan fingerprint density at radius 2 is 2.30 bits per heavy atom. The summed E-state index contributed by atoms with van der Waals surface area (Å²) in [5.41, 5.74) is 0.887. The number of aromatic nitrogens is 4. The summed E-state index contributed by atoms with van der Waals surface area (Å²) < 4.78 is 5.70. The predicted molar refractivity (Wildman–Crippen MR) is 80.9 cm³/mol. The van der Waals surface area contributed by atoms with E-state index in [2.05, 4.69) is 19.9 Å². The normalized spacial score (nSPS) is 17.9. The molecule has 0 saturated carbocycles. The van der Waals surface area contributed by atoms with Gasteiger partial charge in [0.2, 0.25) is 0 Å². The van der Waals surface area contributed by atoms with E-state index in [1.54, 1.807) is 4.90 Å². The Labute approximate surface area is 132 Å². The Hall–Kier alpha value is -2.61. The van der Waals surface area contributed by atoms with Crippen molar-refractivity contribution in [1.29, 1.82) is 0 Å². The number of carbonyl (C=O) groups excluding carboxylic acids is 1. The number of rotatable bonds is 4. The largest absolute Gasteiger partial charge is 0.375 e. The minimum Gasteiger partial charge on any atom is -0.375 e. The number of carbonyl (C=O) groups is 1. The number of aryl methyl sites for hydroxylation is 1. The lowest BCUT2D eigenvalue weighted by Gasteiger charge is -2.32. The van der Waals surface area contributed by atoms with Gasteiger partial charge in [0, 0.05) is 37.2 Å². The summed E-state index contributed by atoms with van der Waals surface area (Å²) in [4.78, 5) is 39.9. The highest BCUT2D eigenvalue weighted by atomic mass is 16.5. The van der Waals surface area contributed by atoms with Gasteiger partial charge in [-0.1, -0.05) is 0 Å². The molecule has 0 bridgehead atoms. The van der Waals surface area contributed by atoms with Gasteiger partial charge in [-0.05, 0) is 12.8 Å². The number of morpholine rings is 1. The molecule has 8 nitrogen and oxygen atoms in total. The SMILES string of the molecule is O=C(c1cnccn1)N1CCO[C@H](CCc2cc(=O)[nH]cn2)C1. The van der Waals surface area contributed by atoms with Gasteiger partial charge in [0.05, 0.1) is 25.2 Å². The van der Waals surface area contributed by atoms with E-state index in [4.69, 9.17) is 4.74 Å². The van der Waals surface area contributed by atoms with Crippen LogP contribution in [0.5, 0.6) is 0 Å². The summed E-state index contributed by atoms with van der Waals surface area (Å²) >= 11 is 0. The van der Waals surface area contributed by atoms with Crippen LogP contribution < -0.4 is 5.56 Å². The topological polar surface area (TPSA) is 101 Å². The number of hydrogen-bond donors (Lipinski definition) is 1. The molecule has 0 spiro atoms. The summed E-state index contributed by atoms with van der Waals surface area (Å²) in [6.07, 6.45) is 7.14. The average Bonchev–Trinajstić information content (AvgIpc) is 2.60. The van der Waals surface area contributed by atoms with Crippen molar-refractivity contribution in [2.24, 2.45) is 0 Å². The summed E-state index contributed by atoms with van der Waals surface area (Å²) in [5, 5.41) is 0. The first-order valence-electron chi connectivity index (χ1n) is 7.43. The number of amides is 1. The molecule has 1 aliphatic heterocycles. The van der Waals surface area contributed by atoms with E-state index < -0.39 is 0 Å². The first kappa shape index (κ1) is 15.3. The lowest BCUT2D eigenvalue weighted by atomic mass is 10.1. The highest BCUT2D eigenvalue weighted by molar-refractivity contribution is 5.92. The van der Waals surface area contributed by atoms with Crippen LogP contribution in [-0.4, -0.2) is 56.5 Å². The van der Waals surface area contributed by atoms with Crippen molar-refractivity contribution in [2.75, 3.05) is 19.7 Å². The zero-order valence-corrected chi connectivity index (χ0v) is 12.5. The molecule has 0 radical (unpaired) electrons. The van der Waals surface area contributed by atoms with Crippen LogP contribution in [0, 0.1) is 0 Å². The van der Waals surface area contributed by atoms with Gasteiger partial charge in [-0.15, -0.1) is 0 Å². The number of ether oxygens (including phenoxy) is 1. The molecule has 1 atom stereocenters. The van der Waals surface area contributed by atoms with E-state index in [1.807, 2.05) is 0 Å². The monoisotopic (exact) mass is 315 g/mol. The summed E-state index contributed by atoms with van der Waals surface area (Å²) in [6, 6.07) is 1.48. The van der Waals surface area contributed by atoms with Crippen LogP contribution in [-0.2, 0) is 11.2 Å². The van der Waals surface area contributed by atoms with Crippen LogP contribution in [0.4, 0.5) is 0 Å². The van der Waals surface area contributed by atoms with Crippen LogP contribution in [0.3, 0.4) is 0 Å². The van der Waals surface area contributed by atoms with Crippen molar-refractivity contribution in [3.63, 3.8) is 0 Å². The molecule has 0 aliphatic carbocycles. The van der Waals surface area contributed by atoms with E-state index in [9.17, 15) is 9.59 Å². The highest BCUT2D eigenvalue weighted by Crippen LogP contribution is 2.13. The summed E-state index contributed by atoms with van der Waals surface area (Å²) in [5.74, 6) is -0.138. The van der Waals surface area contributed by atoms with Crippen molar-refractivity contribution in [2.45, 2.75) is 18.9 Å². The first-order chi connectivity index (χ1) is 11.2. The van der Waals surface area contributed by atoms with Crippen LogP contribution in [0.1, 0.15) is 22.6 Å². The molecule has 3 heterocycles. The number of H-pyrrole nitrogens is 1. The fraction of sp³-hybridized carbons (Fsp3) is 0.400. The first-order valence-corrected chi connectivity index (χ1v) is 7.43. The number of hydrogen-bond acceptors (Lipinski definition) is 6. The smallest absolute Gasteiger partial charge is 0.274 e. The molecule has 1 N–H and O–H groups in total. The van der Waals surface area contributed by atoms with Gasteiger partial charge in [-0.2, -0.15) is 0 Å². The Balaban J connectivity index is 1.58. The van der Waals surface area contributed by atoms with Gasteiger partial charge in [0.15, 0.2) is 0 Å². The molecular weight excluding hydrogens is 298 g/mol. The minimum absolute atomic E-state index is 0.0783. The Morgan fingerprint density at radius 3 is 3.09 bits per heavy atom. The van der Waals surface area contributed by atoms with Gasteiger partial charge in [0.25, 0.3) is 11.5 Å². The maximum atomic E-state index is 12.4. The molecule has 0 unspecified atom stereocenters. The number of nitrogens with zero attached hydrogens (tertiary/aromatic N) is 4. The van der Waals surface area contributed by atoms with Gasteiger partial charge < -0.3 is 14.6 Å². The molecule has 1 aliphatic rings. The lowest BCUT2D eigenvalue weighted by molar-refractivity contribution is -0.0248. The Kier molecular flexibility index (Phi) is 4.72. The fourth-order valence-corrected chi connectivity index (χ4v) is 2.50. The second-order valence-corrected chi connectivity index (χ2v) is 5.28. The minimum atomic E-state index is -0.168. The zero-order valence-electron chi connectivity index (χ0n) is 12.5. The molecule has 3 rings (SSSR count). The Morgan fingerprint density at radius 1 is 1.39 bits per heavy atom. The predicted octanol–water partition coefficient (Wildman–Crippen LogP) is 0.0337. The fourth-order valence-electron chi connectivity index (χ4n) is 2.50. The van der Waals surface area contributed by atoms with Crippen molar-refractivity contribution < 1.29 is 9.53 Å². The Bertz CT molecular complexity index is 718. The van der Waals surface area contributed by atoms with E-state index in [0.29, 0.717) is 38.2 Å². The third-order valence-electron chi connectivity index (χ3n) is 3.67. The maximum absolute atomic E-state index is 12.4. The van der Waals surface area contributed by atoms with Crippen LogP contribution in [0.2, 0.25) is 0 Å². The molecular formula is C15H17N5O3. The van der Waals surface area contributed by atoms with E-state index in [-0.39, 0.29) is 17.6 Å². The molecule has 1 amide bonds. The van der Waals surface area contributed by atoms with E-state index in [0.717, 1.165) is 5.69 Å². The molecule has 1 saturated heterocycles. The van der Waals surface area contributed by atoms with E-state index >= 15 is 0 Å². The second-order valence-electron chi connectivity index (χ2n) is 5.28. The van der Waals surface area contributed by atoms with E-state index in [1.165, 1.54) is 31.0 Å². The van der Waals surface area contributed by atoms with Crippen molar-refractivity contribution in [3.05, 3.63) is 52.7 Å². The van der Waals surface area contributed by atoms with Gasteiger partial charge in [-0.25, -0.2) is 9.97 Å². The van der Waals surface area contributed by atoms with Crippen LogP contribution in [0.25, 0.3) is 0 Å². The van der Waals surface area contributed by atoms with Gasteiger partial charge >= 0.3 is 0 Å². The molecule has 120 valence electrons. The highest BCUT2D eigenvalue weighted by Gasteiger charge is 2.25. The lowest BCUT2D eigenvalue weighted by Crippen LogP contribution is -2.46. The summed E-state index contributed by atoms with van der Waals surface area (Å²) in [6.45, 7) is 1.52. The molecule has 1 fully saturated rings. The number of aromatic amines is 1. The van der Waals surface area contributed by atoms with Crippen LogP contribution in [0.15, 0.2) is 35.8 Å². The zero-order chi connectivity index (χ0) is 16.1. The molecule has 23 heavy (non-hydrogen) atoms. The second kappa shape index (κ2) is 7.10. The number of nitrogens with one attached hydrogen (secondary N) is 1. The summed E-state index contributed by atoms with van der Waals surface area (Å²) in [7, 11) is 0. The maximum Gasteiger partial charge on any atom is 0.274 e. The van der Waals surface area contributed by atoms with Crippen molar-refractivity contribution in [1.82, 2.24) is 24.8 Å². The molecule has 2 aromatic heterocycles. The van der Waals surface area contributed by atoms with Gasteiger partial charge in [0.1, 0.15) is 5.69 Å². The third-order valence-corrected chi connectivity index (χ3v) is 3.67. The third kappa shape index (κ3) is 3.98. The molecule has 0 aromatic carbocycles. The average molecular weight is 315 g/mol. The van der Waals surface area contributed by atoms with Gasteiger partial charge in [-0.3, -0.25) is 14.6 Å². The quantitative estimate of drug-likeness (QED) is 0.854. The van der Waals surface area contributed by atoms with Crippen LogP contribution >= 0.6 is 0 Å².